The Labute approximate surface area is 392 Å². The fourth-order valence-corrected chi connectivity index (χ4v) is 8.82. The van der Waals surface area contributed by atoms with E-state index in [0.29, 0.717) is 19.3 Å². The van der Waals surface area contributed by atoms with Crippen molar-refractivity contribution < 1.29 is 24.5 Å². The normalized spacial score (nSPS) is 13.3. The van der Waals surface area contributed by atoms with E-state index in [1.165, 1.54) is 186 Å². The molecule has 0 fully saturated rings. The van der Waals surface area contributed by atoms with Gasteiger partial charge < -0.3 is 20.3 Å². The van der Waals surface area contributed by atoms with Crippen molar-refractivity contribution in [2.45, 2.75) is 322 Å². The monoisotopic (exact) mass is 888 g/mol. The summed E-state index contributed by atoms with van der Waals surface area (Å²) in [4.78, 5) is 26.2. The molecule has 0 rings (SSSR count). The maximum Gasteiger partial charge on any atom is 0.306 e. The van der Waals surface area contributed by atoms with Crippen molar-refractivity contribution in [3.8, 4) is 0 Å². The molecular weight excluding hydrogens is 779 g/mol. The molecule has 1 amide bonds. The molecule has 0 aliphatic rings. The van der Waals surface area contributed by atoms with Crippen LogP contribution in [0.25, 0.3) is 0 Å². The summed E-state index contributed by atoms with van der Waals surface area (Å²) in [5, 5.41) is 23.8. The minimum absolute atomic E-state index is 0.0736. The molecule has 0 aromatic heterocycles. The number of esters is 1. The van der Waals surface area contributed by atoms with E-state index in [2.05, 4.69) is 50.4 Å². The summed E-state index contributed by atoms with van der Waals surface area (Å²) in [6.45, 7) is 6.41. The molecule has 0 spiro atoms. The van der Waals surface area contributed by atoms with Crippen molar-refractivity contribution in [1.82, 2.24) is 5.32 Å². The first-order valence-electron chi connectivity index (χ1n) is 28.1. The number of carbonyl (C=O) groups is 2. The molecule has 372 valence electrons. The topological polar surface area (TPSA) is 95.9 Å². The second-order valence-corrected chi connectivity index (χ2v) is 19.3. The predicted octanol–water partition coefficient (Wildman–Crippen LogP) is 17.1. The van der Waals surface area contributed by atoms with E-state index in [1.54, 1.807) is 0 Å². The van der Waals surface area contributed by atoms with Crippen molar-refractivity contribution in [2.24, 2.45) is 0 Å². The van der Waals surface area contributed by atoms with E-state index in [-0.39, 0.29) is 24.9 Å². The number of carbonyl (C=O) groups excluding carboxylic acids is 2. The average Bonchev–Trinajstić information content (AvgIpc) is 3.28. The fraction of sp³-hybridized carbons (Fsp3) is 0.895. The molecule has 0 aliphatic carbocycles. The molecule has 6 heteroatoms. The van der Waals surface area contributed by atoms with Gasteiger partial charge in [-0.2, -0.15) is 0 Å². The summed E-state index contributed by atoms with van der Waals surface area (Å²) < 4.78 is 5.95. The highest BCUT2D eigenvalue weighted by Gasteiger charge is 2.24. The van der Waals surface area contributed by atoms with Crippen molar-refractivity contribution in [2.75, 3.05) is 6.61 Å². The Bertz CT molecular complexity index is 997. The molecule has 0 bridgehead atoms. The van der Waals surface area contributed by atoms with Crippen LogP contribution in [0.2, 0.25) is 0 Å². The third-order valence-corrected chi connectivity index (χ3v) is 13.0. The van der Waals surface area contributed by atoms with Crippen LogP contribution < -0.4 is 5.32 Å². The number of amides is 1. The molecule has 0 aromatic carbocycles. The Morgan fingerprint density at radius 2 is 0.857 bits per heavy atom. The van der Waals surface area contributed by atoms with Crippen LogP contribution >= 0.6 is 0 Å². The first-order chi connectivity index (χ1) is 31.0. The van der Waals surface area contributed by atoms with E-state index in [1.807, 2.05) is 0 Å². The van der Waals surface area contributed by atoms with Gasteiger partial charge in [0.25, 0.3) is 0 Å². The number of unbranched alkanes of at least 4 members (excludes halogenated alkanes) is 35. The van der Waals surface area contributed by atoms with Crippen molar-refractivity contribution in [3.63, 3.8) is 0 Å². The Balaban J connectivity index is 4.45. The number of allylic oxidation sites excluding steroid dienone is 4. The number of ether oxygens (including phenoxy) is 1. The highest BCUT2D eigenvalue weighted by Crippen LogP contribution is 2.19. The molecular formula is C57H109NO5. The smallest absolute Gasteiger partial charge is 0.306 e. The van der Waals surface area contributed by atoms with Gasteiger partial charge in [0.2, 0.25) is 5.91 Å². The summed E-state index contributed by atoms with van der Waals surface area (Å²) >= 11 is 0. The predicted molar refractivity (Wildman–Crippen MR) is 273 cm³/mol. The molecule has 0 aliphatic heterocycles. The van der Waals surface area contributed by atoms with Gasteiger partial charge in [-0.25, -0.2) is 0 Å². The van der Waals surface area contributed by atoms with Crippen molar-refractivity contribution in [1.29, 1.82) is 0 Å². The third kappa shape index (κ3) is 46.7. The van der Waals surface area contributed by atoms with Crippen LogP contribution in [0.15, 0.2) is 24.3 Å². The van der Waals surface area contributed by atoms with E-state index < -0.39 is 18.2 Å². The highest BCUT2D eigenvalue weighted by molar-refractivity contribution is 5.77. The SMILES string of the molecule is CC/C=C/C/C=C/CCCCCCCC(CC(=O)NC(CO)C(O)CCCCCCCCCCCCCCC)OC(=O)CCCCCCCCCCCCCCCCCCCCC. The second-order valence-electron chi connectivity index (χ2n) is 19.3. The Morgan fingerprint density at radius 3 is 1.29 bits per heavy atom. The number of hydrogen-bond donors (Lipinski definition) is 3. The van der Waals surface area contributed by atoms with Crippen LogP contribution in [0.4, 0.5) is 0 Å². The lowest BCUT2D eigenvalue weighted by atomic mass is 10.0. The van der Waals surface area contributed by atoms with Gasteiger partial charge in [0, 0.05) is 6.42 Å². The standard InChI is InChI=1S/C57H109NO5/c1-4-7-10-13-16-19-22-25-26-27-28-29-30-32-35-38-41-44-47-50-57(62)63-53(48-45-42-39-36-33-24-21-18-15-12-9-6-3)51-56(61)58-54(52-59)55(60)49-46-43-40-37-34-31-23-20-17-14-11-8-5-2/h9,12,18,21,53-55,59-60H,4-8,10-11,13-17,19-20,22-52H2,1-3H3,(H,58,61)/b12-9+,21-18+. The summed E-state index contributed by atoms with van der Waals surface area (Å²) in [6, 6.07) is -0.701. The lowest BCUT2D eigenvalue weighted by Crippen LogP contribution is -2.46. The summed E-state index contributed by atoms with van der Waals surface area (Å²) in [5.74, 6) is -0.471. The zero-order valence-electron chi connectivity index (χ0n) is 42.5. The first kappa shape index (κ1) is 61.3. The zero-order valence-corrected chi connectivity index (χ0v) is 42.5. The lowest BCUT2D eigenvalue weighted by Gasteiger charge is -2.24. The maximum absolute atomic E-state index is 13.2. The molecule has 0 aromatic rings. The Morgan fingerprint density at radius 1 is 0.476 bits per heavy atom. The number of nitrogens with one attached hydrogen (secondary N) is 1. The quantitative estimate of drug-likeness (QED) is 0.0321. The van der Waals surface area contributed by atoms with Gasteiger partial charge in [-0.15, -0.1) is 0 Å². The zero-order chi connectivity index (χ0) is 45.9. The molecule has 3 N–H and O–H groups in total. The summed E-state index contributed by atoms with van der Waals surface area (Å²) in [6.07, 6.45) is 59.6. The van der Waals surface area contributed by atoms with Crippen LogP contribution in [0.3, 0.4) is 0 Å². The molecule has 0 saturated heterocycles. The molecule has 3 unspecified atom stereocenters. The fourth-order valence-electron chi connectivity index (χ4n) is 8.82. The van der Waals surface area contributed by atoms with Gasteiger partial charge in [0.05, 0.1) is 25.2 Å². The van der Waals surface area contributed by atoms with Crippen molar-refractivity contribution >= 4 is 11.9 Å². The minimum atomic E-state index is -0.787. The summed E-state index contributed by atoms with van der Waals surface area (Å²) in [5.41, 5.74) is 0. The Hall–Kier alpha value is -1.66. The number of aliphatic hydroxyl groups excluding tert-OH is 2. The van der Waals surface area contributed by atoms with E-state index in [0.717, 1.165) is 70.6 Å². The van der Waals surface area contributed by atoms with Crippen LogP contribution in [0.5, 0.6) is 0 Å². The van der Waals surface area contributed by atoms with Gasteiger partial charge in [-0.1, -0.05) is 263 Å². The maximum atomic E-state index is 13.2. The molecule has 3 atom stereocenters. The molecule has 63 heavy (non-hydrogen) atoms. The second kappa shape index (κ2) is 51.3. The van der Waals surface area contributed by atoms with Crippen molar-refractivity contribution in [3.05, 3.63) is 24.3 Å². The Kier molecular flexibility index (Phi) is 50.0. The first-order valence-corrected chi connectivity index (χ1v) is 28.1. The van der Waals surface area contributed by atoms with Gasteiger partial charge in [-0.3, -0.25) is 9.59 Å². The minimum Gasteiger partial charge on any atom is -0.462 e. The molecule has 0 saturated carbocycles. The van der Waals surface area contributed by atoms with E-state index in [4.69, 9.17) is 4.74 Å². The largest absolute Gasteiger partial charge is 0.462 e. The molecule has 6 nitrogen and oxygen atoms in total. The van der Waals surface area contributed by atoms with E-state index >= 15 is 0 Å². The third-order valence-electron chi connectivity index (χ3n) is 13.0. The molecule has 0 radical (unpaired) electrons. The average molecular weight is 889 g/mol. The van der Waals surface area contributed by atoms with E-state index in [9.17, 15) is 19.8 Å². The number of rotatable bonds is 51. The van der Waals surface area contributed by atoms with Crippen LogP contribution in [-0.4, -0.2) is 46.9 Å². The highest BCUT2D eigenvalue weighted by atomic mass is 16.5. The number of hydrogen-bond acceptors (Lipinski definition) is 5. The van der Waals surface area contributed by atoms with Crippen LogP contribution in [-0.2, 0) is 14.3 Å². The van der Waals surface area contributed by atoms with Gasteiger partial charge in [0.1, 0.15) is 6.10 Å². The lowest BCUT2D eigenvalue weighted by molar-refractivity contribution is -0.151. The van der Waals surface area contributed by atoms with Crippen LogP contribution in [0, 0.1) is 0 Å². The molecule has 0 heterocycles. The van der Waals surface area contributed by atoms with Crippen LogP contribution in [0.1, 0.15) is 303 Å². The van der Waals surface area contributed by atoms with Gasteiger partial charge in [0.15, 0.2) is 0 Å². The summed E-state index contributed by atoms with van der Waals surface area (Å²) in [7, 11) is 0. The van der Waals surface area contributed by atoms with Gasteiger partial charge >= 0.3 is 5.97 Å². The number of aliphatic hydroxyl groups is 2. The van der Waals surface area contributed by atoms with Gasteiger partial charge in [-0.05, 0) is 51.4 Å².